The van der Waals surface area contributed by atoms with Crippen LogP contribution in [-0.2, 0) is 10.0 Å². The second-order valence-corrected chi connectivity index (χ2v) is 6.18. The van der Waals surface area contributed by atoms with E-state index in [0.717, 1.165) is 10.4 Å². The first-order valence-corrected chi connectivity index (χ1v) is 7.03. The van der Waals surface area contributed by atoms with Crippen molar-refractivity contribution in [1.82, 2.24) is 4.31 Å². The van der Waals surface area contributed by atoms with Crippen molar-refractivity contribution in [3.63, 3.8) is 0 Å². The van der Waals surface area contributed by atoms with Crippen molar-refractivity contribution in [2.45, 2.75) is 18.2 Å². The summed E-state index contributed by atoms with van der Waals surface area (Å²) >= 11 is 0. The fourth-order valence-electron chi connectivity index (χ4n) is 1.63. The van der Waals surface area contributed by atoms with E-state index in [9.17, 15) is 18.5 Å². The summed E-state index contributed by atoms with van der Waals surface area (Å²) < 4.78 is 25.6. The zero-order chi connectivity index (χ0) is 15.5. The highest BCUT2D eigenvalue weighted by Crippen LogP contribution is 2.29. The number of nitrogens with two attached hydrogens (primary N) is 1. The third-order valence-corrected chi connectivity index (χ3v) is 4.75. The van der Waals surface area contributed by atoms with Crippen LogP contribution < -0.4 is 5.73 Å². The van der Waals surface area contributed by atoms with Crippen molar-refractivity contribution in [2.24, 2.45) is 0 Å². The first-order chi connectivity index (χ1) is 9.21. The van der Waals surface area contributed by atoms with E-state index in [1.165, 1.54) is 20.0 Å². The maximum absolute atomic E-state index is 12.3. The third-order valence-electron chi connectivity index (χ3n) is 2.75. The third kappa shape index (κ3) is 3.04. The number of hydrogen-bond donors (Lipinski definition) is 1. The molecule has 1 aromatic rings. The highest BCUT2D eigenvalue weighted by atomic mass is 32.2. The normalized spacial score (nSPS) is 11.3. The smallest absolute Gasteiger partial charge is 0.293 e. The van der Waals surface area contributed by atoms with E-state index in [-0.39, 0.29) is 23.5 Å². The van der Waals surface area contributed by atoms with E-state index in [1.807, 2.05) is 6.07 Å². The number of hydrogen-bond acceptors (Lipinski definition) is 6. The van der Waals surface area contributed by atoms with Gasteiger partial charge in [-0.05, 0) is 18.6 Å². The average Bonchev–Trinajstić information content (AvgIpc) is 2.34. The van der Waals surface area contributed by atoms with Gasteiger partial charge in [0.2, 0.25) is 10.0 Å². The molecule has 20 heavy (non-hydrogen) atoms. The Balaban J connectivity index is 3.35. The van der Waals surface area contributed by atoms with Crippen molar-refractivity contribution in [1.29, 1.82) is 5.26 Å². The first-order valence-electron chi connectivity index (χ1n) is 5.59. The fourth-order valence-corrected chi connectivity index (χ4v) is 3.03. The van der Waals surface area contributed by atoms with Gasteiger partial charge in [-0.1, -0.05) is 0 Å². The molecule has 0 heterocycles. The molecule has 0 fully saturated rings. The second-order valence-electron chi connectivity index (χ2n) is 4.17. The van der Waals surface area contributed by atoms with Gasteiger partial charge in [-0.3, -0.25) is 10.1 Å². The lowest BCUT2D eigenvalue weighted by Crippen LogP contribution is -2.28. The van der Waals surface area contributed by atoms with Crippen molar-refractivity contribution in [3.8, 4) is 6.07 Å². The number of nitro benzene ring substituents is 1. The van der Waals surface area contributed by atoms with Crippen LogP contribution in [0.15, 0.2) is 17.0 Å². The topological polar surface area (TPSA) is 130 Å². The second kappa shape index (κ2) is 5.85. The molecule has 0 amide bonds. The lowest BCUT2D eigenvalue weighted by Gasteiger charge is -2.17. The van der Waals surface area contributed by atoms with Crippen LogP contribution in [0.4, 0.5) is 11.4 Å². The summed E-state index contributed by atoms with van der Waals surface area (Å²) in [5, 5.41) is 19.3. The molecule has 0 saturated heterocycles. The van der Waals surface area contributed by atoms with Gasteiger partial charge < -0.3 is 5.73 Å². The summed E-state index contributed by atoms with van der Waals surface area (Å²) in [6, 6.07) is 4.04. The molecule has 0 spiro atoms. The van der Waals surface area contributed by atoms with Crippen LogP contribution in [0.5, 0.6) is 0 Å². The van der Waals surface area contributed by atoms with Crippen LogP contribution in [0, 0.1) is 28.4 Å². The van der Waals surface area contributed by atoms with E-state index in [0.29, 0.717) is 5.56 Å². The van der Waals surface area contributed by atoms with Crippen LogP contribution in [0.3, 0.4) is 0 Å². The van der Waals surface area contributed by atoms with Gasteiger partial charge in [-0.2, -0.15) is 9.57 Å². The number of rotatable bonds is 5. The van der Waals surface area contributed by atoms with Crippen molar-refractivity contribution >= 4 is 21.4 Å². The van der Waals surface area contributed by atoms with E-state index in [1.54, 1.807) is 0 Å². The molecular weight excluding hydrogens is 284 g/mol. The van der Waals surface area contributed by atoms with E-state index < -0.39 is 20.6 Å². The Morgan fingerprint density at radius 2 is 2.10 bits per heavy atom. The summed E-state index contributed by atoms with van der Waals surface area (Å²) in [6.45, 7) is 1.52. The number of nitro groups is 1. The van der Waals surface area contributed by atoms with Gasteiger partial charge in [0, 0.05) is 26.1 Å². The molecule has 9 heteroatoms. The number of sulfonamides is 1. The predicted octanol–water partition coefficient (Wildman–Crippen LogP) is 1.02. The highest BCUT2D eigenvalue weighted by molar-refractivity contribution is 7.89. The molecule has 1 aromatic carbocycles. The standard InChI is InChI=1S/C11H14N4O4S/c1-8-6-9(13)10(15(16)17)7-11(8)20(18,19)14(2)5-3-4-12/h6-7H,3,5,13H2,1-2H3. The summed E-state index contributed by atoms with van der Waals surface area (Å²) in [7, 11) is -2.58. The number of anilines is 1. The molecular formula is C11H14N4O4S. The highest BCUT2D eigenvalue weighted by Gasteiger charge is 2.26. The van der Waals surface area contributed by atoms with Gasteiger partial charge in [-0.15, -0.1) is 0 Å². The first kappa shape index (κ1) is 15.9. The minimum Gasteiger partial charge on any atom is -0.393 e. The van der Waals surface area contributed by atoms with Crippen LogP contribution in [0.25, 0.3) is 0 Å². The molecule has 0 bridgehead atoms. The number of benzene rings is 1. The van der Waals surface area contributed by atoms with E-state index >= 15 is 0 Å². The lowest BCUT2D eigenvalue weighted by molar-refractivity contribution is -0.384. The molecule has 108 valence electrons. The van der Waals surface area contributed by atoms with Crippen molar-refractivity contribution < 1.29 is 13.3 Å². The fraction of sp³-hybridized carbons (Fsp3) is 0.364. The largest absolute Gasteiger partial charge is 0.393 e. The Kier molecular flexibility index (Phi) is 4.65. The Morgan fingerprint density at radius 3 is 2.60 bits per heavy atom. The van der Waals surface area contributed by atoms with Crippen LogP contribution in [-0.4, -0.2) is 31.2 Å². The summed E-state index contributed by atoms with van der Waals surface area (Å²) in [5.74, 6) is 0. The van der Waals surface area contributed by atoms with Crippen LogP contribution in [0.2, 0.25) is 0 Å². The molecule has 0 aromatic heterocycles. The Bertz CT molecular complexity index is 678. The van der Waals surface area contributed by atoms with Gasteiger partial charge in [0.1, 0.15) is 5.69 Å². The molecule has 0 aliphatic rings. The monoisotopic (exact) mass is 298 g/mol. The Morgan fingerprint density at radius 1 is 1.50 bits per heavy atom. The number of nitriles is 1. The predicted molar refractivity (Wildman–Crippen MR) is 72.3 cm³/mol. The molecule has 0 aliphatic heterocycles. The number of nitrogen functional groups attached to an aromatic ring is 1. The van der Waals surface area contributed by atoms with Crippen molar-refractivity contribution in [3.05, 3.63) is 27.8 Å². The average molecular weight is 298 g/mol. The zero-order valence-electron chi connectivity index (χ0n) is 11.0. The summed E-state index contributed by atoms with van der Waals surface area (Å²) in [4.78, 5) is 9.91. The summed E-state index contributed by atoms with van der Waals surface area (Å²) in [6.07, 6.45) is 0.0336. The maximum atomic E-state index is 12.3. The van der Waals surface area contributed by atoms with Gasteiger partial charge >= 0.3 is 0 Å². The van der Waals surface area contributed by atoms with E-state index in [4.69, 9.17) is 11.0 Å². The van der Waals surface area contributed by atoms with Crippen LogP contribution >= 0.6 is 0 Å². The van der Waals surface area contributed by atoms with Crippen LogP contribution in [0.1, 0.15) is 12.0 Å². The Hall–Kier alpha value is -2.18. The Labute approximate surface area is 116 Å². The minimum atomic E-state index is -3.89. The number of aryl methyl sites for hydroxylation is 1. The molecule has 0 saturated carbocycles. The van der Waals surface area contributed by atoms with Crippen molar-refractivity contribution in [2.75, 3.05) is 19.3 Å². The molecule has 0 unspecified atom stereocenters. The lowest BCUT2D eigenvalue weighted by atomic mass is 10.2. The quantitative estimate of drug-likeness (QED) is 0.490. The molecule has 8 nitrogen and oxygen atoms in total. The van der Waals surface area contributed by atoms with Gasteiger partial charge in [0.25, 0.3) is 5.69 Å². The molecule has 1 rings (SSSR count). The van der Waals surface area contributed by atoms with Gasteiger partial charge in [-0.25, -0.2) is 8.42 Å². The molecule has 0 atom stereocenters. The van der Waals surface area contributed by atoms with Gasteiger partial charge in [0.05, 0.1) is 15.9 Å². The molecule has 0 radical (unpaired) electrons. The summed E-state index contributed by atoms with van der Waals surface area (Å²) in [5.41, 5.74) is 5.27. The van der Waals surface area contributed by atoms with Gasteiger partial charge in [0.15, 0.2) is 0 Å². The van der Waals surface area contributed by atoms with E-state index in [2.05, 4.69) is 0 Å². The zero-order valence-corrected chi connectivity index (χ0v) is 11.8. The molecule has 0 aliphatic carbocycles. The SMILES string of the molecule is Cc1cc(N)c([N+](=O)[O-])cc1S(=O)(=O)N(C)CCC#N. The minimum absolute atomic E-state index is 0.0104. The molecule has 2 N–H and O–H groups in total. The maximum Gasteiger partial charge on any atom is 0.293 e. The number of nitrogens with zero attached hydrogens (tertiary/aromatic N) is 3.